The maximum Gasteiger partial charge on any atom is 0.434 e. The highest BCUT2D eigenvalue weighted by molar-refractivity contribution is 6.30. The van der Waals surface area contributed by atoms with Gasteiger partial charge in [0.1, 0.15) is 0 Å². The van der Waals surface area contributed by atoms with Gasteiger partial charge < -0.3 is 30.2 Å². The highest BCUT2D eigenvalue weighted by Crippen LogP contribution is 2.29. The Morgan fingerprint density at radius 1 is 1.09 bits per heavy atom. The van der Waals surface area contributed by atoms with Crippen molar-refractivity contribution in [1.82, 2.24) is 19.8 Å². The lowest BCUT2D eigenvalue weighted by Crippen LogP contribution is -2.50. The molecule has 1 aromatic carbocycles. The van der Waals surface area contributed by atoms with Crippen LogP contribution >= 0.6 is 11.6 Å². The monoisotopic (exact) mass is 477 g/mol. The number of nitrogens with one attached hydrogen (secondary N) is 1. The molecule has 0 aliphatic carbocycles. The van der Waals surface area contributed by atoms with Crippen LogP contribution < -0.4 is 15.1 Å². The van der Waals surface area contributed by atoms with E-state index in [1.807, 2.05) is 18.2 Å². The van der Waals surface area contributed by atoms with Crippen molar-refractivity contribution in [2.75, 3.05) is 44.2 Å². The van der Waals surface area contributed by atoms with Gasteiger partial charge >= 0.3 is 6.09 Å². The molecular weight excluding hydrogens is 450 g/mol. The molecule has 2 aromatic rings. The molecule has 2 fully saturated rings. The number of carbonyl (C=O) groups excluding carboxylic acids is 2. The van der Waals surface area contributed by atoms with Crippen molar-refractivity contribution in [2.24, 2.45) is 0 Å². The van der Waals surface area contributed by atoms with Crippen molar-refractivity contribution in [3.05, 3.63) is 40.9 Å². The largest absolute Gasteiger partial charge is 0.492 e. The molecule has 2 aliphatic heterocycles. The van der Waals surface area contributed by atoms with Crippen molar-refractivity contribution < 1.29 is 24.6 Å². The summed E-state index contributed by atoms with van der Waals surface area (Å²) < 4.78 is 0.693. The lowest BCUT2D eigenvalue weighted by atomic mass is 10.1. The average Bonchev–Trinajstić information content (AvgIpc) is 3.36. The number of amides is 2. The number of anilines is 1. The molecule has 11 heteroatoms. The molecule has 0 radical (unpaired) electrons. The van der Waals surface area contributed by atoms with Gasteiger partial charge in [0.2, 0.25) is 17.7 Å². The fraction of sp³-hybridized carbons (Fsp3) is 0.455. The number of aromatic hydroxyl groups is 2. The summed E-state index contributed by atoms with van der Waals surface area (Å²) in [6.07, 6.45) is 0.253. The highest BCUT2D eigenvalue weighted by Gasteiger charge is 2.27. The third kappa shape index (κ3) is 5.45. The van der Waals surface area contributed by atoms with E-state index in [9.17, 15) is 19.8 Å². The van der Waals surface area contributed by atoms with Crippen LogP contribution in [0.4, 0.5) is 10.5 Å². The van der Waals surface area contributed by atoms with Crippen LogP contribution in [0.2, 0.25) is 5.02 Å². The van der Waals surface area contributed by atoms with Gasteiger partial charge in [-0.2, -0.15) is 0 Å². The SMILES string of the molecule is CC(=O)NC1CCN(c2cc(Cl)ccc2CN2CCN(C(=O)On3c(O)ccc3O)CC2)C1. The molecule has 1 atom stereocenters. The number of carbonyl (C=O) groups is 2. The van der Waals surface area contributed by atoms with Crippen LogP contribution in [0.15, 0.2) is 30.3 Å². The number of piperazine rings is 1. The lowest BCUT2D eigenvalue weighted by Gasteiger charge is -2.34. The highest BCUT2D eigenvalue weighted by atomic mass is 35.5. The van der Waals surface area contributed by atoms with E-state index in [0.29, 0.717) is 42.5 Å². The maximum absolute atomic E-state index is 12.4. The van der Waals surface area contributed by atoms with E-state index >= 15 is 0 Å². The summed E-state index contributed by atoms with van der Waals surface area (Å²) in [4.78, 5) is 34.9. The van der Waals surface area contributed by atoms with E-state index in [-0.39, 0.29) is 23.7 Å². The molecule has 4 rings (SSSR count). The molecule has 33 heavy (non-hydrogen) atoms. The Kier molecular flexibility index (Phi) is 6.85. The number of aromatic nitrogens is 1. The minimum atomic E-state index is -0.635. The van der Waals surface area contributed by atoms with Crippen LogP contribution in [0.1, 0.15) is 18.9 Å². The topological polar surface area (TPSA) is 111 Å². The first-order valence-corrected chi connectivity index (χ1v) is 11.3. The number of rotatable bonds is 5. The van der Waals surface area contributed by atoms with Crippen LogP contribution in [0.5, 0.6) is 11.8 Å². The fourth-order valence-corrected chi connectivity index (χ4v) is 4.48. The maximum atomic E-state index is 12.4. The molecule has 178 valence electrons. The van der Waals surface area contributed by atoms with Gasteiger partial charge in [0, 0.05) is 81.6 Å². The third-order valence-electron chi connectivity index (χ3n) is 5.98. The van der Waals surface area contributed by atoms with E-state index in [0.717, 1.165) is 30.8 Å². The average molecular weight is 478 g/mol. The summed E-state index contributed by atoms with van der Waals surface area (Å²) in [7, 11) is 0. The molecule has 10 nitrogen and oxygen atoms in total. The second-order valence-electron chi connectivity index (χ2n) is 8.37. The quantitative estimate of drug-likeness (QED) is 0.600. The Morgan fingerprint density at radius 3 is 2.45 bits per heavy atom. The Morgan fingerprint density at radius 2 is 1.79 bits per heavy atom. The summed E-state index contributed by atoms with van der Waals surface area (Å²) in [5, 5.41) is 22.9. The van der Waals surface area contributed by atoms with Crippen LogP contribution in [0.3, 0.4) is 0 Å². The zero-order valence-corrected chi connectivity index (χ0v) is 19.2. The number of nitrogens with zero attached hydrogens (tertiary/aromatic N) is 4. The van der Waals surface area contributed by atoms with E-state index in [2.05, 4.69) is 15.1 Å². The second kappa shape index (κ2) is 9.80. The first-order chi connectivity index (χ1) is 15.8. The smallest absolute Gasteiger partial charge is 0.434 e. The van der Waals surface area contributed by atoms with Crippen molar-refractivity contribution in [1.29, 1.82) is 0 Å². The van der Waals surface area contributed by atoms with Crippen molar-refractivity contribution in [2.45, 2.75) is 25.9 Å². The predicted octanol–water partition coefficient (Wildman–Crippen LogP) is 1.63. The van der Waals surface area contributed by atoms with Crippen LogP contribution in [0.25, 0.3) is 0 Å². The molecule has 0 saturated carbocycles. The minimum Gasteiger partial charge on any atom is -0.492 e. The predicted molar refractivity (Wildman–Crippen MR) is 122 cm³/mol. The zero-order chi connectivity index (χ0) is 23.5. The molecular formula is C22H28ClN5O5. The molecule has 0 bridgehead atoms. The van der Waals surface area contributed by atoms with Crippen molar-refractivity contribution in [3.8, 4) is 11.8 Å². The van der Waals surface area contributed by atoms with Crippen LogP contribution in [-0.2, 0) is 11.3 Å². The molecule has 3 heterocycles. The minimum absolute atomic E-state index is 0.0215. The molecule has 2 amide bonds. The molecule has 3 N–H and O–H groups in total. The molecule has 1 unspecified atom stereocenters. The van der Waals surface area contributed by atoms with Gasteiger partial charge in [-0.05, 0) is 24.1 Å². The lowest BCUT2D eigenvalue weighted by molar-refractivity contribution is -0.119. The van der Waals surface area contributed by atoms with Gasteiger partial charge in [-0.1, -0.05) is 17.7 Å². The van der Waals surface area contributed by atoms with Crippen LogP contribution in [-0.4, -0.2) is 82.1 Å². The number of hydrogen-bond acceptors (Lipinski definition) is 7. The van der Waals surface area contributed by atoms with E-state index in [1.165, 1.54) is 24.0 Å². The van der Waals surface area contributed by atoms with Gasteiger partial charge in [-0.3, -0.25) is 9.69 Å². The second-order valence-corrected chi connectivity index (χ2v) is 8.81. The summed E-state index contributed by atoms with van der Waals surface area (Å²) in [5.41, 5.74) is 2.21. The Labute approximate surface area is 196 Å². The van der Waals surface area contributed by atoms with Gasteiger partial charge in [0.25, 0.3) is 0 Å². The molecule has 2 saturated heterocycles. The van der Waals surface area contributed by atoms with Crippen LogP contribution in [0, 0.1) is 0 Å². The first kappa shape index (κ1) is 23.1. The Hall–Kier alpha value is -3.11. The number of hydrogen-bond donors (Lipinski definition) is 3. The van der Waals surface area contributed by atoms with Crippen molar-refractivity contribution >= 4 is 29.3 Å². The summed E-state index contributed by atoms with van der Waals surface area (Å²) in [6, 6.07) is 8.48. The third-order valence-corrected chi connectivity index (χ3v) is 6.21. The molecule has 2 aliphatic rings. The van der Waals surface area contributed by atoms with Gasteiger partial charge in [0.15, 0.2) is 0 Å². The number of halogens is 1. The Bertz CT molecular complexity index is 1000. The Balaban J connectivity index is 1.35. The standard InChI is InChI=1S/C22H28ClN5O5/c1-15(29)24-18-6-7-27(14-18)19-12-17(23)3-2-16(19)13-25-8-10-26(11-9-25)22(32)33-28-20(30)4-5-21(28)31/h2-5,12,18,30-31H,6-11,13-14H2,1H3,(H,24,29). The normalized spacial score (nSPS) is 19.0. The van der Waals surface area contributed by atoms with Gasteiger partial charge in [-0.15, -0.1) is 4.73 Å². The first-order valence-electron chi connectivity index (χ1n) is 10.9. The van der Waals surface area contributed by atoms with E-state index in [1.54, 1.807) is 0 Å². The fourth-order valence-electron chi connectivity index (χ4n) is 4.31. The van der Waals surface area contributed by atoms with Crippen molar-refractivity contribution in [3.63, 3.8) is 0 Å². The van der Waals surface area contributed by atoms with E-state index in [4.69, 9.17) is 16.4 Å². The van der Waals surface area contributed by atoms with E-state index < -0.39 is 6.09 Å². The molecule has 0 spiro atoms. The summed E-state index contributed by atoms with van der Waals surface area (Å²) in [5.74, 6) is -0.721. The van der Waals surface area contributed by atoms with Gasteiger partial charge in [0.05, 0.1) is 0 Å². The zero-order valence-electron chi connectivity index (χ0n) is 18.4. The summed E-state index contributed by atoms with van der Waals surface area (Å²) in [6.45, 7) is 6.04. The van der Waals surface area contributed by atoms with Gasteiger partial charge in [-0.25, -0.2) is 4.79 Å². The molecule has 1 aromatic heterocycles. The summed E-state index contributed by atoms with van der Waals surface area (Å²) >= 11 is 6.29. The number of benzene rings is 1.